The van der Waals surface area contributed by atoms with Crippen LogP contribution in [0.15, 0.2) is 47.0 Å². The predicted octanol–water partition coefficient (Wildman–Crippen LogP) is 4.16. The van der Waals surface area contributed by atoms with Gasteiger partial charge in [0.15, 0.2) is 11.5 Å². The maximum absolute atomic E-state index is 12.6. The van der Waals surface area contributed by atoms with Gasteiger partial charge in [0.1, 0.15) is 5.75 Å². The zero-order valence-corrected chi connectivity index (χ0v) is 18.0. The normalized spacial score (nSPS) is 17.2. The first-order valence-electron chi connectivity index (χ1n) is 10.9. The number of rotatable bonds is 8. The summed E-state index contributed by atoms with van der Waals surface area (Å²) in [5.41, 5.74) is 1.85. The van der Waals surface area contributed by atoms with E-state index in [0.717, 1.165) is 35.5 Å². The van der Waals surface area contributed by atoms with Gasteiger partial charge in [-0.2, -0.15) is 4.98 Å². The van der Waals surface area contributed by atoms with Crippen LogP contribution in [-0.4, -0.2) is 40.9 Å². The second-order valence-electron chi connectivity index (χ2n) is 8.05. The topological polar surface area (TPSA) is 86.9 Å². The molecule has 8 nitrogen and oxygen atoms in total. The molecule has 1 unspecified atom stereocenters. The number of amides is 1. The number of carbonyl (C=O) groups is 1. The number of unbranched alkanes of at least 4 members (excludes halogenated alkanes) is 1. The van der Waals surface area contributed by atoms with Crippen molar-refractivity contribution in [3.63, 3.8) is 0 Å². The van der Waals surface area contributed by atoms with E-state index in [-0.39, 0.29) is 18.6 Å². The van der Waals surface area contributed by atoms with Crippen molar-refractivity contribution in [3.05, 3.63) is 53.9 Å². The number of fused-ring (bicyclic) bond motifs is 1. The van der Waals surface area contributed by atoms with Crippen LogP contribution in [0.5, 0.6) is 17.2 Å². The molecule has 1 aromatic heterocycles. The molecule has 2 aromatic carbocycles. The molecule has 2 aliphatic rings. The van der Waals surface area contributed by atoms with Crippen LogP contribution >= 0.6 is 0 Å². The summed E-state index contributed by atoms with van der Waals surface area (Å²) in [6.07, 6.45) is 2.49. The molecule has 0 aliphatic carbocycles. The molecule has 1 saturated heterocycles. The second kappa shape index (κ2) is 8.90. The van der Waals surface area contributed by atoms with Crippen LogP contribution in [0.1, 0.15) is 43.6 Å². The van der Waals surface area contributed by atoms with Crippen molar-refractivity contribution in [1.82, 2.24) is 15.0 Å². The quantitative estimate of drug-likeness (QED) is 0.491. The summed E-state index contributed by atoms with van der Waals surface area (Å²) < 4.78 is 22.0. The first kappa shape index (κ1) is 20.4. The number of hydrogen-bond donors (Lipinski definition) is 0. The van der Waals surface area contributed by atoms with E-state index >= 15 is 0 Å². The fourth-order valence-corrected chi connectivity index (χ4v) is 3.90. The smallest absolute Gasteiger partial charge is 0.232 e. The third kappa shape index (κ3) is 4.26. The molecular formula is C24H25N3O5. The Morgan fingerprint density at radius 1 is 1.12 bits per heavy atom. The highest BCUT2D eigenvalue weighted by molar-refractivity contribution is 5.79. The summed E-state index contributed by atoms with van der Waals surface area (Å²) in [6.45, 7) is 4.12. The lowest BCUT2D eigenvalue weighted by Crippen LogP contribution is -2.24. The van der Waals surface area contributed by atoms with Gasteiger partial charge in [-0.3, -0.25) is 4.79 Å². The molecule has 0 radical (unpaired) electrons. The Balaban J connectivity index is 1.22. The minimum atomic E-state index is -0.116. The van der Waals surface area contributed by atoms with Gasteiger partial charge in [-0.25, -0.2) is 0 Å². The van der Waals surface area contributed by atoms with E-state index in [9.17, 15) is 4.79 Å². The summed E-state index contributed by atoms with van der Waals surface area (Å²) in [6, 6.07) is 13.4. The first-order valence-corrected chi connectivity index (χ1v) is 10.9. The van der Waals surface area contributed by atoms with Gasteiger partial charge in [0, 0.05) is 25.1 Å². The Bertz CT molecular complexity index is 1100. The van der Waals surface area contributed by atoms with Gasteiger partial charge in [0.25, 0.3) is 0 Å². The van der Waals surface area contributed by atoms with Crippen molar-refractivity contribution in [2.75, 3.05) is 19.9 Å². The number of aromatic nitrogens is 2. The van der Waals surface area contributed by atoms with Crippen LogP contribution in [0.2, 0.25) is 0 Å². The fraction of sp³-hybridized carbons (Fsp3) is 0.375. The lowest BCUT2D eigenvalue weighted by Gasteiger charge is -2.16. The van der Waals surface area contributed by atoms with Gasteiger partial charge < -0.3 is 23.6 Å². The van der Waals surface area contributed by atoms with Gasteiger partial charge in [0.2, 0.25) is 24.4 Å². The number of likely N-dealkylation sites (tertiary alicyclic amines) is 1. The first-order chi connectivity index (χ1) is 15.7. The molecule has 5 rings (SSSR count). The number of hydrogen-bond acceptors (Lipinski definition) is 7. The molecule has 1 amide bonds. The summed E-state index contributed by atoms with van der Waals surface area (Å²) in [7, 11) is 0. The molecule has 0 bridgehead atoms. The van der Waals surface area contributed by atoms with Crippen LogP contribution in [0, 0.1) is 0 Å². The van der Waals surface area contributed by atoms with Crippen LogP contribution in [0.4, 0.5) is 0 Å². The number of ether oxygens (including phenoxy) is 3. The van der Waals surface area contributed by atoms with Crippen molar-refractivity contribution in [2.45, 2.75) is 38.6 Å². The zero-order chi connectivity index (χ0) is 21.9. The van der Waals surface area contributed by atoms with E-state index in [2.05, 4.69) is 17.1 Å². The molecule has 3 aromatic rings. The van der Waals surface area contributed by atoms with Crippen molar-refractivity contribution < 1.29 is 23.5 Å². The SMILES string of the molecule is CCCCOc1ccc(-c2noc(C3CC(=O)N(Cc4ccc5c(c4)OCO5)C3)n2)cc1. The Morgan fingerprint density at radius 2 is 1.97 bits per heavy atom. The minimum absolute atomic E-state index is 0.0704. The summed E-state index contributed by atoms with van der Waals surface area (Å²) in [5.74, 6) is 3.24. The van der Waals surface area contributed by atoms with Crippen molar-refractivity contribution in [2.24, 2.45) is 0 Å². The molecule has 0 N–H and O–H groups in total. The maximum Gasteiger partial charge on any atom is 0.232 e. The van der Waals surface area contributed by atoms with Gasteiger partial charge in [0.05, 0.1) is 12.5 Å². The predicted molar refractivity (Wildman–Crippen MR) is 115 cm³/mol. The summed E-state index contributed by atoms with van der Waals surface area (Å²) in [4.78, 5) is 19.0. The van der Waals surface area contributed by atoms with E-state index in [1.807, 2.05) is 47.4 Å². The molecule has 0 spiro atoms. The number of carbonyl (C=O) groups excluding carboxylic acids is 1. The monoisotopic (exact) mass is 435 g/mol. The Hall–Kier alpha value is -3.55. The van der Waals surface area contributed by atoms with Gasteiger partial charge in [-0.15, -0.1) is 0 Å². The summed E-state index contributed by atoms with van der Waals surface area (Å²) in [5, 5.41) is 4.12. The fourth-order valence-electron chi connectivity index (χ4n) is 3.90. The van der Waals surface area contributed by atoms with Crippen LogP contribution in [-0.2, 0) is 11.3 Å². The Kier molecular flexibility index (Phi) is 5.66. The average Bonchev–Trinajstić information content (AvgIpc) is 3.55. The van der Waals surface area contributed by atoms with E-state index in [1.54, 1.807) is 0 Å². The lowest BCUT2D eigenvalue weighted by molar-refractivity contribution is -0.128. The van der Waals surface area contributed by atoms with Crippen molar-refractivity contribution in [1.29, 1.82) is 0 Å². The van der Waals surface area contributed by atoms with Gasteiger partial charge in [-0.1, -0.05) is 24.6 Å². The van der Waals surface area contributed by atoms with E-state index in [1.165, 1.54) is 0 Å². The van der Waals surface area contributed by atoms with Gasteiger partial charge in [-0.05, 0) is 48.4 Å². The third-order valence-corrected chi connectivity index (χ3v) is 5.70. The molecule has 166 valence electrons. The van der Waals surface area contributed by atoms with Gasteiger partial charge >= 0.3 is 0 Å². The van der Waals surface area contributed by atoms with Crippen LogP contribution in [0.25, 0.3) is 11.4 Å². The summed E-state index contributed by atoms with van der Waals surface area (Å²) >= 11 is 0. The highest BCUT2D eigenvalue weighted by Crippen LogP contribution is 2.34. The number of nitrogens with zero attached hydrogens (tertiary/aromatic N) is 3. The molecule has 1 fully saturated rings. The molecule has 2 aliphatic heterocycles. The molecule has 1 atom stereocenters. The van der Waals surface area contributed by atoms with E-state index in [0.29, 0.717) is 43.6 Å². The largest absolute Gasteiger partial charge is 0.494 e. The average molecular weight is 435 g/mol. The molecule has 32 heavy (non-hydrogen) atoms. The van der Waals surface area contributed by atoms with E-state index < -0.39 is 0 Å². The number of benzene rings is 2. The zero-order valence-electron chi connectivity index (χ0n) is 18.0. The third-order valence-electron chi connectivity index (χ3n) is 5.70. The highest BCUT2D eigenvalue weighted by atomic mass is 16.7. The molecule has 8 heteroatoms. The van der Waals surface area contributed by atoms with Crippen LogP contribution in [0.3, 0.4) is 0 Å². The molecule has 0 saturated carbocycles. The molecule has 3 heterocycles. The van der Waals surface area contributed by atoms with Crippen LogP contribution < -0.4 is 14.2 Å². The standard InChI is InChI=1S/C24H25N3O5/c1-2-3-10-29-19-7-5-17(6-8-19)23-25-24(32-26-23)18-12-22(28)27(14-18)13-16-4-9-20-21(11-16)31-15-30-20/h4-9,11,18H,2-3,10,12-15H2,1H3. The van der Waals surface area contributed by atoms with E-state index in [4.69, 9.17) is 18.7 Å². The highest BCUT2D eigenvalue weighted by Gasteiger charge is 2.34. The minimum Gasteiger partial charge on any atom is -0.494 e. The second-order valence-corrected chi connectivity index (χ2v) is 8.05. The Labute approximate surface area is 186 Å². The lowest BCUT2D eigenvalue weighted by atomic mass is 10.1. The molecular weight excluding hydrogens is 410 g/mol. The Morgan fingerprint density at radius 3 is 2.81 bits per heavy atom. The maximum atomic E-state index is 12.6. The van der Waals surface area contributed by atoms with Crippen molar-refractivity contribution in [3.8, 4) is 28.6 Å². The van der Waals surface area contributed by atoms with Crippen molar-refractivity contribution >= 4 is 5.91 Å².